The number of imidazole rings is 1. The Morgan fingerprint density at radius 3 is 2.69 bits per heavy atom. The van der Waals surface area contributed by atoms with Gasteiger partial charge in [-0.1, -0.05) is 24.8 Å². The molecule has 1 aliphatic heterocycles. The molecular weight excluding hydrogens is 534 g/mol. The maximum absolute atomic E-state index is 11.9. The first-order valence-electron chi connectivity index (χ1n) is 13.5. The summed E-state index contributed by atoms with van der Waals surface area (Å²) in [5, 5.41) is 16.5. The fourth-order valence-electron chi connectivity index (χ4n) is 5.21. The van der Waals surface area contributed by atoms with Gasteiger partial charge in [-0.2, -0.15) is 5.10 Å². The van der Waals surface area contributed by atoms with Gasteiger partial charge in [0.05, 0.1) is 35.2 Å². The lowest BCUT2D eigenvalue weighted by Gasteiger charge is -2.31. The summed E-state index contributed by atoms with van der Waals surface area (Å²) in [5.41, 5.74) is 11.1. The van der Waals surface area contributed by atoms with Crippen molar-refractivity contribution in [2.24, 2.45) is 0 Å². The van der Waals surface area contributed by atoms with Gasteiger partial charge < -0.3 is 21.1 Å². The minimum absolute atomic E-state index is 0.126. The van der Waals surface area contributed by atoms with Gasteiger partial charge in [-0.05, 0) is 49.2 Å². The summed E-state index contributed by atoms with van der Waals surface area (Å²) >= 11 is 0. The first-order valence-corrected chi connectivity index (χ1v) is 13.5. The molecule has 6 rings (SSSR count). The van der Waals surface area contributed by atoms with E-state index in [0.717, 1.165) is 35.1 Å². The largest absolute Gasteiger partial charge is 0.387 e. The molecule has 212 valence electrons. The fraction of sp³-hybridized carbons (Fsp3) is 0.200. The molecule has 4 heterocycles. The summed E-state index contributed by atoms with van der Waals surface area (Å²) in [6.07, 6.45) is 7.97. The smallest absolute Gasteiger partial charge is 0.248 e. The lowest BCUT2D eigenvalue weighted by molar-refractivity contribution is -0.135. The molecule has 0 bridgehead atoms. The van der Waals surface area contributed by atoms with Gasteiger partial charge in [0.25, 0.3) is 0 Å². The summed E-state index contributed by atoms with van der Waals surface area (Å²) < 4.78 is 3.83. The van der Waals surface area contributed by atoms with Crippen molar-refractivity contribution in [1.29, 1.82) is 0 Å². The Hall–Kier alpha value is -5.36. The molecule has 0 saturated carbocycles. The maximum atomic E-state index is 11.9. The molecule has 0 radical (unpaired) electrons. The van der Waals surface area contributed by atoms with Gasteiger partial charge in [-0.15, -0.1) is 0 Å². The Labute approximate surface area is 241 Å². The monoisotopic (exact) mass is 563 g/mol. The van der Waals surface area contributed by atoms with Crippen LogP contribution in [0.15, 0.2) is 79.8 Å². The predicted molar refractivity (Wildman–Crippen MR) is 158 cm³/mol. The number of benzene rings is 2. The minimum Gasteiger partial charge on any atom is -0.387 e. The number of para-hydroxylation sites is 2. The molecule has 4 N–H and O–H groups in total. The number of aliphatic hydroxyl groups is 1. The van der Waals surface area contributed by atoms with Gasteiger partial charge in [0, 0.05) is 36.2 Å². The third-order valence-electron chi connectivity index (χ3n) is 7.35. The van der Waals surface area contributed by atoms with E-state index in [4.69, 9.17) is 20.8 Å². The highest BCUT2D eigenvalue weighted by Crippen LogP contribution is 2.32. The Morgan fingerprint density at radius 1 is 1.10 bits per heavy atom. The van der Waals surface area contributed by atoms with Crippen LogP contribution in [-0.2, 0) is 9.59 Å². The van der Waals surface area contributed by atoms with E-state index < -0.39 is 6.61 Å². The highest BCUT2D eigenvalue weighted by atomic mass is 16.3. The Kier molecular flexibility index (Phi) is 7.19. The lowest BCUT2D eigenvalue weighted by Crippen LogP contribution is -2.40. The van der Waals surface area contributed by atoms with Crippen LogP contribution in [0, 0.1) is 0 Å². The third-order valence-corrected chi connectivity index (χ3v) is 7.35. The fourth-order valence-corrected chi connectivity index (χ4v) is 5.21. The average molecular weight is 564 g/mol. The molecule has 0 spiro atoms. The number of rotatable bonds is 7. The van der Waals surface area contributed by atoms with E-state index in [1.54, 1.807) is 23.4 Å². The number of likely N-dealkylation sites (tertiary alicyclic amines) is 1. The molecule has 5 aromatic rings. The van der Waals surface area contributed by atoms with E-state index in [0.29, 0.717) is 36.0 Å². The number of piperidine rings is 1. The van der Waals surface area contributed by atoms with Crippen molar-refractivity contribution in [3.8, 4) is 28.5 Å². The second-order valence-electron chi connectivity index (χ2n) is 9.97. The first kappa shape index (κ1) is 26.8. The standard InChI is InChI=1S/C30H29N9O3/c1-2-26(41)34-20-6-5-7-22(14-20)39-25-9-4-3-8-23(25)36-30(39)28-29(31)32-16-24(35-28)19-15-33-38(17-19)21-10-12-37(13-11-21)27(42)18-40/h2-9,14-17,21,40H,1,10-13,18H2,(H2,31,32)(H,34,41). The number of carbonyl (C=O) groups excluding carboxylic acids is 2. The number of fused-ring (bicyclic) bond motifs is 1. The molecule has 42 heavy (non-hydrogen) atoms. The highest BCUT2D eigenvalue weighted by Gasteiger charge is 2.25. The van der Waals surface area contributed by atoms with Crippen LogP contribution in [0.4, 0.5) is 11.5 Å². The second-order valence-corrected chi connectivity index (χ2v) is 9.97. The van der Waals surface area contributed by atoms with Crippen LogP contribution in [0.25, 0.3) is 39.5 Å². The molecular formula is C30H29N9O3. The van der Waals surface area contributed by atoms with Crippen molar-refractivity contribution in [1.82, 2.24) is 34.2 Å². The Bertz CT molecular complexity index is 1800. The molecule has 1 saturated heterocycles. The molecule has 2 aromatic carbocycles. The van der Waals surface area contributed by atoms with Gasteiger partial charge in [0.1, 0.15) is 12.3 Å². The number of aliphatic hydroxyl groups excluding tert-OH is 1. The van der Waals surface area contributed by atoms with Gasteiger partial charge in [0.2, 0.25) is 11.8 Å². The van der Waals surface area contributed by atoms with Crippen LogP contribution in [0.2, 0.25) is 0 Å². The lowest BCUT2D eigenvalue weighted by atomic mass is 10.1. The average Bonchev–Trinajstić information content (AvgIpc) is 3.67. The van der Waals surface area contributed by atoms with Gasteiger partial charge >= 0.3 is 0 Å². The maximum Gasteiger partial charge on any atom is 0.248 e. The predicted octanol–water partition coefficient (Wildman–Crippen LogP) is 3.21. The summed E-state index contributed by atoms with van der Waals surface area (Å²) in [6, 6.07) is 15.2. The zero-order valence-electron chi connectivity index (χ0n) is 22.7. The van der Waals surface area contributed by atoms with E-state index in [2.05, 4.69) is 22.0 Å². The van der Waals surface area contributed by atoms with Gasteiger partial charge in [-0.25, -0.2) is 15.0 Å². The summed E-state index contributed by atoms with van der Waals surface area (Å²) in [7, 11) is 0. The Balaban J connectivity index is 1.36. The van der Waals surface area contributed by atoms with E-state index in [1.165, 1.54) is 6.08 Å². The van der Waals surface area contributed by atoms with Crippen molar-refractivity contribution in [2.45, 2.75) is 18.9 Å². The van der Waals surface area contributed by atoms with E-state index in [1.807, 2.05) is 57.9 Å². The topological polar surface area (TPSA) is 157 Å². The number of nitrogens with zero attached hydrogens (tertiary/aromatic N) is 7. The summed E-state index contributed by atoms with van der Waals surface area (Å²) in [4.78, 5) is 39.7. The zero-order chi connectivity index (χ0) is 29.2. The molecule has 2 amide bonds. The number of hydrogen-bond acceptors (Lipinski definition) is 8. The molecule has 12 heteroatoms. The number of nitrogen functional groups attached to an aromatic ring is 1. The van der Waals surface area contributed by atoms with E-state index >= 15 is 0 Å². The molecule has 0 atom stereocenters. The molecule has 1 aliphatic rings. The van der Waals surface area contributed by atoms with Crippen LogP contribution < -0.4 is 11.1 Å². The SMILES string of the molecule is C=CC(=O)Nc1cccc(-n2c(-c3nc(-c4cnn(C5CCN(C(=O)CO)CC5)c4)cnc3N)nc3ccccc32)c1. The third kappa shape index (κ3) is 5.10. The van der Waals surface area contributed by atoms with E-state index in [9.17, 15) is 9.59 Å². The van der Waals surface area contributed by atoms with Crippen molar-refractivity contribution < 1.29 is 14.7 Å². The van der Waals surface area contributed by atoms with E-state index in [-0.39, 0.29) is 23.7 Å². The van der Waals surface area contributed by atoms with Crippen LogP contribution in [-0.4, -0.2) is 70.8 Å². The van der Waals surface area contributed by atoms with Crippen LogP contribution in [0.3, 0.4) is 0 Å². The normalized spacial score (nSPS) is 13.8. The van der Waals surface area contributed by atoms with Crippen LogP contribution in [0.1, 0.15) is 18.9 Å². The molecule has 1 fully saturated rings. The minimum atomic E-state index is -0.472. The second kappa shape index (κ2) is 11.3. The van der Waals surface area contributed by atoms with Gasteiger partial charge in [-0.3, -0.25) is 18.8 Å². The zero-order valence-corrected chi connectivity index (χ0v) is 22.7. The number of hydrogen-bond donors (Lipinski definition) is 3. The molecule has 12 nitrogen and oxygen atoms in total. The number of carbonyl (C=O) groups is 2. The van der Waals surface area contributed by atoms with Crippen molar-refractivity contribution in [3.05, 3.63) is 79.8 Å². The van der Waals surface area contributed by atoms with Crippen molar-refractivity contribution in [2.75, 3.05) is 30.7 Å². The molecule has 0 unspecified atom stereocenters. The number of amides is 2. The molecule has 3 aromatic heterocycles. The number of anilines is 2. The van der Waals surface area contributed by atoms with Crippen molar-refractivity contribution in [3.63, 3.8) is 0 Å². The van der Waals surface area contributed by atoms with Crippen molar-refractivity contribution >= 4 is 34.4 Å². The van der Waals surface area contributed by atoms with Gasteiger partial charge in [0.15, 0.2) is 11.6 Å². The van der Waals surface area contributed by atoms with Crippen LogP contribution in [0.5, 0.6) is 0 Å². The summed E-state index contributed by atoms with van der Waals surface area (Å²) in [6.45, 7) is 4.19. The quantitative estimate of drug-likeness (QED) is 0.255. The van der Waals surface area contributed by atoms with Crippen LogP contribution >= 0.6 is 0 Å². The Morgan fingerprint density at radius 2 is 1.90 bits per heavy atom. The highest BCUT2D eigenvalue weighted by molar-refractivity contribution is 5.99. The molecule has 0 aliphatic carbocycles. The number of nitrogens with two attached hydrogens (primary N) is 1. The first-order chi connectivity index (χ1) is 20.4. The number of nitrogens with one attached hydrogen (secondary N) is 1. The summed E-state index contributed by atoms with van der Waals surface area (Å²) in [5.74, 6) is 0.164. The number of aromatic nitrogens is 6.